The van der Waals surface area contributed by atoms with Gasteiger partial charge in [-0.2, -0.15) is 10.5 Å². The molecule has 8 heteroatoms. The summed E-state index contributed by atoms with van der Waals surface area (Å²) in [4.78, 5) is 29.5. The Kier molecular flexibility index (Phi) is 4.98. The van der Waals surface area contributed by atoms with Crippen molar-refractivity contribution in [2.45, 2.75) is 25.9 Å². The second-order valence-electron chi connectivity index (χ2n) is 7.29. The summed E-state index contributed by atoms with van der Waals surface area (Å²) in [6.45, 7) is 4.62. The van der Waals surface area contributed by atoms with Crippen LogP contribution in [0.4, 0.5) is 0 Å². The summed E-state index contributed by atoms with van der Waals surface area (Å²) in [6.07, 6.45) is 3.26. The van der Waals surface area contributed by atoms with Gasteiger partial charge in [0.25, 0.3) is 11.8 Å². The van der Waals surface area contributed by atoms with Crippen LogP contribution in [0.25, 0.3) is 0 Å². The highest BCUT2D eigenvalue weighted by Crippen LogP contribution is 2.22. The molecule has 2 amide bonds. The van der Waals surface area contributed by atoms with Gasteiger partial charge < -0.3 is 18.9 Å². The average Bonchev–Trinajstić information content (AvgIpc) is 3.22. The van der Waals surface area contributed by atoms with Gasteiger partial charge in [-0.25, -0.2) is 0 Å². The molecule has 3 rings (SSSR count). The highest BCUT2D eigenvalue weighted by atomic mass is 16.2. The number of amides is 2. The van der Waals surface area contributed by atoms with Crippen molar-refractivity contribution in [2.24, 2.45) is 14.1 Å². The quantitative estimate of drug-likeness (QED) is 0.790. The Morgan fingerprint density at radius 1 is 0.893 bits per heavy atom. The summed E-state index contributed by atoms with van der Waals surface area (Å²) in [5, 5.41) is 18.1. The van der Waals surface area contributed by atoms with Gasteiger partial charge in [-0.3, -0.25) is 9.59 Å². The van der Waals surface area contributed by atoms with E-state index in [1.165, 1.54) is 0 Å². The molecule has 1 aliphatic heterocycles. The molecule has 1 fully saturated rings. The number of aromatic nitrogens is 2. The van der Waals surface area contributed by atoms with Crippen molar-refractivity contribution in [2.75, 3.05) is 13.1 Å². The van der Waals surface area contributed by atoms with E-state index in [1.54, 1.807) is 57.6 Å². The van der Waals surface area contributed by atoms with Gasteiger partial charge >= 0.3 is 0 Å². The van der Waals surface area contributed by atoms with E-state index in [0.29, 0.717) is 35.6 Å². The van der Waals surface area contributed by atoms with Crippen molar-refractivity contribution in [1.29, 1.82) is 10.5 Å². The molecule has 1 saturated heterocycles. The molecule has 0 saturated carbocycles. The van der Waals surface area contributed by atoms with E-state index in [1.807, 2.05) is 19.9 Å². The van der Waals surface area contributed by atoms with Gasteiger partial charge in [-0.05, 0) is 26.0 Å². The summed E-state index contributed by atoms with van der Waals surface area (Å²) in [5.41, 5.74) is 1.79. The van der Waals surface area contributed by atoms with Crippen LogP contribution >= 0.6 is 0 Å². The molecule has 0 bridgehead atoms. The zero-order valence-electron chi connectivity index (χ0n) is 16.4. The largest absolute Gasteiger partial charge is 0.345 e. The van der Waals surface area contributed by atoms with Crippen LogP contribution in [0.2, 0.25) is 0 Å². The fourth-order valence-corrected chi connectivity index (χ4v) is 3.86. The fourth-order valence-electron chi connectivity index (χ4n) is 3.86. The Morgan fingerprint density at radius 3 is 1.71 bits per heavy atom. The molecule has 0 N–H and O–H groups in total. The Hall–Kier alpha value is -3.52. The third-order valence-electron chi connectivity index (χ3n) is 5.15. The number of nitriles is 2. The van der Waals surface area contributed by atoms with E-state index >= 15 is 0 Å². The lowest BCUT2D eigenvalue weighted by molar-refractivity contribution is 0.0244. The lowest BCUT2D eigenvalue weighted by atomic mass is 10.1. The number of carbonyl (C=O) groups is 2. The predicted molar refractivity (Wildman–Crippen MR) is 101 cm³/mol. The van der Waals surface area contributed by atoms with Gasteiger partial charge in [-0.15, -0.1) is 0 Å². The van der Waals surface area contributed by atoms with E-state index in [9.17, 15) is 9.59 Å². The topological polar surface area (TPSA) is 98.1 Å². The zero-order valence-corrected chi connectivity index (χ0v) is 16.4. The standard InChI is InChI=1S/C20H22N6O2/c1-13-9-25(19(27)17-5-15(7-21)11-23(17)3)10-14(2)26(13)20(28)18-6-16(8-22)12-24(18)4/h5-6,11-14H,9-10H2,1-4H3/t13-,14+. The number of hydrogen-bond acceptors (Lipinski definition) is 4. The molecule has 0 spiro atoms. The smallest absolute Gasteiger partial charge is 0.271 e. The molecule has 2 aromatic rings. The van der Waals surface area contributed by atoms with Crippen molar-refractivity contribution in [3.63, 3.8) is 0 Å². The second-order valence-corrected chi connectivity index (χ2v) is 7.29. The molecule has 8 nitrogen and oxygen atoms in total. The maximum absolute atomic E-state index is 13.1. The fraction of sp³-hybridized carbons (Fsp3) is 0.400. The number of hydrogen-bond donors (Lipinski definition) is 0. The molecule has 0 unspecified atom stereocenters. The molecular formula is C20H22N6O2. The van der Waals surface area contributed by atoms with Crippen molar-refractivity contribution in [3.8, 4) is 12.1 Å². The lowest BCUT2D eigenvalue weighted by Gasteiger charge is -2.44. The summed E-state index contributed by atoms with van der Waals surface area (Å²) < 4.78 is 3.31. The Balaban J connectivity index is 1.80. The third-order valence-corrected chi connectivity index (χ3v) is 5.15. The highest BCUT2D eigenvalue weighted by molar-refractivity contribution is 5.95. The van der Waals surface area contributed by atoms with Gasteiger partial charge in [0.05, 0.1) is 11.1 Å². The minimum atomic E-state index is -0.184. The van der Waals surface area contributed by atoms with Crippen LogP contribution < -0.4 is 0 Å². The highest BCUT2D eigenvalue weighted by Gasteiger charge is 2.36. The molecule has 0 radical (unpaired) electrons. The Morgan fingerprint density at radius 2 is 1.32 bits per heavy atom. The lowest BCUT2D eigenvalue weighted by Crippen LogP contribution is -2.60. The molecule has 3 heterocycles. The Bertz CT molecular complexity index is 1010. The molecule has 0 aliphatic carbocycles. The number of aryl methyl sites for hydroxylation is 2. The minimum absolute atomic E-state index is 0.151. The summed E-state index contributed by atoms with van der Waals surface area (Å²) in [6, 6.07) is 6.90. The normalized spacial score (nSPS) is 19.2. The van der Waals surface area contributed by atoms with Crippen LogP contribution in [0.3, 0.4) is 0 Å². The van der Waals surface area contributed by atoms with E-state index in [4.69, 9.17) is 10.5 Å². The van der Waals surface area contributed by atoms with Crippen LogP contribution in [0.1, 0.15) is 46.0 Å². The Labute approximate surface area is 163 Å². The van der Waals surface area contributed by atoms with Crippen LogP contribution in [-0.2, 0) is 14.1 Å². The molecule has 2 aromatic heterocycles. The molecule has 144 valence electrons. The van der Waals surface area contributed by atoms with Crippen molar-refractivity contribution in [3.05, 3.63) is 47.0 Å². The SMILES string of the molecule is C[C@@H]1CN(C(=O)c2cc(C#N)cn2C)C[C@H](C)N1C(=O)c1cc(C#N)cn1C. The average molecular weight is 378 g/mol. The van der Waals surface area contributed by atoms with Crippen molar-refractivity contribution in [1.82, 2.24) is 18.9 Å². The van der Waals surface area contributed by atoms with E-state index in [0.717, 1.165) is 0 Å². The van der Waals surface area contributed by atoms with E-state index < -0.39 is 0 Å². The predicted octanol–water partition coefficient (Wildman–Crippen LogP) is 1.48. The van der Waals surface area contributed by atoms with E-state index in [-0.39, 0.29) is 23.9 Å². The zero-order chi connectivity index (χ0) is 20.6. The van der Waals surface area contributed by atoms with Gasteiger partial charge in [0.2, 0.25) is 0 Å². The number of piperazine rings is 1. The van der Waals surface area contributed by atoms with Gasteiger partial charge in [0.15, 0.2) is 0 Å². The van der Waals surface area contributed by atoms with Crippen molar-refractivity contribution < 1.29 is 9.59 Å². The first-order valence-corrected chi connectivity index (χ1v) is 9.01. The molecule has 1 aliphatic rings. The first kappa shape index (κ1) is 19.2. The summed E-state index contributed by atoms with van der Waals surface area (Å²) >= 11 is 0. The van der Waals surface area contributed by atoms with Crippen LogP contribution in [-0.4, -0.2) is 55.9 Å². The number of carbonyl (C=O) groups excluding carboxylic acids is 2. The van der Waals surface area contributed by atoms with Gasteiger partial charge in [0.1, 0.15) is 23.5 Å². The van der Waals surface area contributed by atoms with Crippen molar-refractivity contribution >= 4 is 11.8 Å². The molecule has 28 heavy (non-hydrogen) atoms. The summed E-state index contributed by atoms with van der Waals surface area (Å²) in [5.74, 6) is -0.304. The summed E-state index contributed by atoms with van der Waals surface area (Å²) in [7, 11) is 3.48. The van der Waals surface area contributed by atoms with E-state index in [2.05, 4.69) is 6.07 Å². The first-order valence-electron chi connectivity index (χ1n) is 9.01. The van der Waals surface area contributed by atoms with Crippen LogP contribution in [0, 0.1) is 22.7 Å². The van der Waals surface area contributed by atoms with Crippen LogP contribution in [0.15, 0.2) is 24.5 Å². The first-order chi connectivity index (χ1) is 13.3. The van der Waals surface area contributed by atoms with Gasteiger partial charge in [0, 0.05) is 51.7 Å². The molecule has 2 atom stereocenters. The maximum atomic E-state index is 13.1. The molecular weight excluding hydrogens is 356 g/mol. The number of rotatable bonds is 2. The maximum Gasteiger partial charge on any atom is 0.271 e. The van der Waals surface area contributed by atoms with Gasteiger partial charge in [-0.1, -0.05) is 0 Å². The minimum Gasteiger partial charge on any atom is -0.345 e. The molecule has 0 aromatic carbocycles. The monoisotopic (exact) mass is 378 g/mol. The second kappa shape index (κ2) is 7.24. The van der Waals surface area contributed by atoms with Crippen LogP contribution in [0.5, 0.6) is 0 Å². The third kappa shape index (κ3) is 3.25. The number of nitrogens with zero attached hydrogens (tertiary/aromatic N) is 6.